The lowest BCUT2D eigenvalue weighted by Crippen LogP contribution is -1.83. The van der Waals surface area contributed by atoms with E-state index >= 15 is 0 Å². The molecule has 0 saturated heterocycles. The molecular formula is C10H9N2. The van der Waals surface area contributed by atoms with Gasteiger partial charge in [0, 0.05) is 18.0 Å². The smallest absolute Gasteiger partial charge is 0.137 e. The number of nitrogens with zero attached hydrogens (tertiary/aromatic N) is 1. The predicted molar refractivity (Wildman–Crippen MR) is 47.6 cm³/mol. The third kappa shape index (κ3) is 1.11. The van der Waals surface area contributed by atoms with Crippen molar-refractivity contribution >= 4 is 0 Å². The summed E-state index contributed by atoms with van der Waals surface area (Å²) < 4.78 is 0. The number of aromatic nitrogens is 2. The zero-order chi connectivity index (χ0) is 8.39. The van der Waals surface area contributed by atoms with Crippen LogP contribution in [0.5, 0.6) is 0 Å². The summed E-state index contributed by atoms with van der Waals surface area (Å²) >= 11 is 0. The molecule has 1 aromatic heterocycles. The Balaban J connectivity index is 2.55. The second-order valence-electron chi connectivity index (χ2n) is 2.68. The van der Waals surface area contributed by atoms with Gasteiger partial charge in [-0.05, 0) is 18.6 Å². The maximum absolute atomic E-state index is 4.18. The molecule has 0 bridgehead atoms. The largest absolute Gasteiger partial charge is 0.345 e. The summed E-state index contributed by atoms with van der Waals surface area (Å²) in [6.45, 7) is 2.05. The van der Waals surface area contributed by atoms with Crippen molar-refractivity contribution < 1.29 is 0 Å². The average Bonchev–Trinajstić information content (AvgIpc) is 2.57. The van der Waals surface area contributed by atoms with Gasteiger partial charge in [0.15, 0.2) is 0 Å². The normalized spacial score (nSPS) is 10.1. The maximum Gasteiger partial charge on any atom is 0.137 e. The van der Waals surface area contributed by atoms with Crippen LogP contribution in [0.2, 0.25) is 0 Å². The molecule has 1 radical (unpaired) electrons. The van der Waals surface area contributed by atoms with Crippen LogP contribution in [0.4, 0.5) is 0 Å². The molecule has 0 spiro atoms. The number of imidazole rings is 1. The van der Waals surface area contributed by atoms with Gasteiger partial charge in [0.25, 0.3) is 0 Å². The Morgan fingerprint density at radius 3 is 3.08 bits per heavy atom. The fourth-order valence-electron chi connectivity index (χ4n) is 1.19. The molecule has 0 atom stereocenters. The van der Waals surface area contributed by atoms with Gasteiger partial charge in [0.05, 0.1) is 0 Å². The summed E-state index contributed by atoms with van der Waals surface area (Å²) in [6.07, 6.45) is 3.58. The Bertz CT molecular complexity index is 363. The Labute approximate surface area is 71.3 Å². The molecule has 12 heavy (non-hydrogen) atoms. The van der Waals surface area contributed by atoms with E-state index in [1.54, 1.807) is 6.20 Å². The molecule has 0 aliphatic heterocycles. The first-order valence-electron chi connectivity index (χ1n) is 3.84. The van der Waals surface area contributed by atoms with Crippen molar-refractivity contribution in [3.05, 3.63) is 42.2 Å². The van der Waals surface area contributed by atoms with Crippen LogP contribution >= 0.6 is 0 Å². The van der Waals surface area contributed by atoms with Crippen LogP contribution in [-0.2, 0) is 0 Å². The number of nitrogens with one attached hydrogen (secondary N) is 1. The van der Waals surface area contributed by atoms with Crippen LogP contribution in [-0.4, -0.2) is 9.97 Å². The van der Waals surface area contributed by atoms with Crippen LogP contribution < -0.4 is 0 Å². The fourth-order valence-corrected chi connectivity index (χ4v) is 1.19. The Hall–Kier alpha value is -1.57. The molecule has 0 unspecified atom stereocenters. The first-order chi connectivity index (χ1) is 5.88. The van der Waals surface area contributed by atoms with Gasteiger partial charge in [0.1, 0.15) is 5.82 Å². The van der Waals surface area contributed by atoms with E-state index < -0.39 is 0 Å². The number of aryl methyl sites for hydroxylation is 1. The highest BCUT2D eigenvalue weighted by atomic mass is 14.9. The molecule has 1 N–H and O–H groups in total. The lowest BCUT2D eigenvalue weighted by molar-refractivity contribution is 1.28. The van der Waals surface area contributed by atoms with Crippen LogP contribution in [0, 0.1) is 13.0 Å². The van der Waals surface area contributed by atoms with Crippen molar-refractivity contribution in [1.82, 2.24) is 9.97 Å². The Kier molecular flexibility index (Phi) is 1.67. The van der Waals surface area contributed by atoms with E-state index in [0.717, 1.165) is 11.4 Å². The zero-order valence-electron chi connectivity index (χ0n) is 6.83. The van der Waals surface area contributed by atoms with Crippen molar-refractivity contribution in [1.29, 1.82) is 0 Å². The molecule has 0 fully saturated rings. The van der Waals surface area contributed by atoms with Gasteiger partial charge in [-0.1, -0.05) is 18.2 Å². The van der Waals surface area contributed by atoms with Gasteiger partial charge >= 0.3 is 0 Å². The summed E-state index contributed by atoms with van der Waals surface area (Å²) in [7, 11) is 0. The van der Waals surface area contributed by atoms with Crippen LogP contribution in [0.1, 0.15) is 5.56 Å². The van der Waals surface area contributed by atoms with E-state index in [1.807, 2.05) is 31.3 Å². The molecule has 2 nitrogen and oxygen atoms in total. The van der Waals surface area contributed by atoms with Gasteiger partial charge in [-0.15, -0.1) is 0 Å². The average molecular weight is 157 g/mol. The Morgan fingerprint density at radius 1 is 1.50 bits per heavy atom. The summed E-state index contributed by atoms with van der Waals surface area (Å²) in [5.74, 6) is 0.918. The molecule has 0 aliphatic carbocycles. The number of rotatable bonds is 1. The first kappa shape index (κ1) is 7.10. The molecule has 1 aromatic carbocycles. The second kappa shape index (κ2) is 2.81. The first-order valence-corrected chi connectivity index (χ1v) is 3.84. The van der Waals surface area contributed by atoms with Crippen molar-refractivity contribution in [3.8, 4) is 11.4 Å². The maximum atomic E-state index is 4.18. The van der Waals surface area contributed by atoms with Gasteiger partial charge in [-0.25, -0.2) is 4.98 Å². The standard InChI is InChI=1S/C10H9N2/c1-8-4-2-3-5-9(8)10-11-6-7-12-10/h3-7H,1H3,(H,11,12). The molecular weight excluding hydrogens is 148 g/mol. The minimum Gasteiger partial charge on any atom is -0.345 e. The number of aromatic amines is 1. The number of benzene rings is 1. The van der Waals surface area contributed by atoms with Gasteiger partial charge in [-0.2, -0.15) is 0 Å². The predicted octanol–water partition coefficient (Wildman–Crippen LogP) is 2.19. The van der Waals surface area contributed by atoms with Crippen molar-refractivity contribution in [2.75, 3.05) is 0 Å². The molecule has 2 heteroatoms. The number of hydrogen-bond acceptors (Lipinski definition) is 1. The van der Waals surface area contributed by atoms with Crippen LogP contribution in [0.3, 0.4) is 0 Å². The van der Waals surface area contributed by atoms with E-state index in [1.165, 1.54) is 5.56 Å². The Morgan fingerprint density at radius 2 is 2.42 bits per heavy atom. The van der Waals surface area contributed by atoms with Crippen molar-refractivity contribution in [2.24, 2.45) is 0 Å². The molecule has 0 saturated carbocycles. The summed E-state index contributed by atoms with van der Waals surface area (Å²) in [5, 5.41) is 0. The quantitative estimate of drug-likeness (QED) is 0.675. The van der Waals surface area contributed by atoms with Gasteiger partial charge < -0.3 is 4.98 Å². The minimum absolute atomic E-state index is 0.918. The van der Waals surface area contributed by atoms with E-state index in [0.29, 0.717) is 0 Å². The van der Waals surface area contributed by atoms with Gasteiger partial charge in [-0.3, -0.25) is 0 Å². The SMILES string of the molecule is Cc1c[c]ccc1-c1ncc[nH]1. The third-order valence-electron chi connectivity index (χ3n) is 1.82. The highest BCUT2D eigenvalue weighted by Gasteiger charge is 2.00. The van der Waals surface area contributed by atoms with E-state index in [-0.39, 0.29) is 0 Å². The van der Waals surface area contributed by atoms with Crippen molar-refractivity contribution in [3.63, 3.8) is 0 Å². The van der Waals surface area contributed by atoms with E-state index in [4.69, 9.17) is 0 Å². The third-order valence-corrected chi connectivity index (χ3v) is 1.82. The highest BCUT2D eigenvalue weighted by molar-refractivity contribution is 5.59. The summed E-state index contributed by atoms with van der Waals surface area (Å²) in [5.41, 5.74) is 2.33. The molecule has 59 valence electrons. The number of H-pyrrole nitrogens is 1. The van der Waals surface area contributed by atoms with E-state index in [2.05, 4.69) is 16.0 Å². The van der Waals surface area contributed by atoms with Crippen LogP contribution in [0.25, 0.3) is 11.4 Å². The lowest BCUT2D eigenvalue weighted by atomic mass is 10.1. The topological polar surface area (TPSA) is 28.7 Å². The summed E-state index contributed by atoms with van der Waals surface area (Å²) in [6, 6.07) is 8.88. The molecule has 1 heterocycles. The minimum atomic E-state index is 0.918. The highest BCUT2D eigenvalue weighted by Crippen LogP contribution is 2.17. The lowest BCUT2D eigenvalue weighted by Gasteiger charge is -1.99. The molecule has 0 amide bonds. The summed E-state index contributed by atoms with van der Waals surface area (Å²) in [4.78, 5) is 7.25. The van der Waals surface area contributed by atoms with Crippen molar-refractivity contribution in [2.45, 2.75) is 6.92 Å². The zero-order valence-corrected chi connectivity index (χ0v) is 6.83. The molecule has 2 rings (SSSR count). The second-order valence-corrected chi connectivity index (χ2v) is 2.68. The monoisotopic (exact) mass is 157 g/mol. The van der Waals surface area contributed by atoms with E-state index in [9.17, 15) is 0 Å². The van der Waals surface area contributed by atoms with Crippen LogP contribution in [0.15, 0.2) is 30.6 Å². The molecule has 0 aliphatic rings. The fraction of sp³-hybridized carbons (Fsp3) is 0.100. The van der Waals surface area contributed by atoms with Gasteiger partial charge in [0.2, 0.25) is 0 Å². The number of hydrogen-bond donors (Lipinski definition) is 1. The molecule has 2 aromatic rings.